The Morgan fingerprint density at radius 1 is 0.708 bits per heavy atom. The average Bonchev–Trinajstić information content (AvgIpc) is 3.77. The van der Waals surface area contributed by atoms with Gasteiger partial charge in [0.2, 0.25) is 5.69 Å². The van der Waals surface area contributed by atoms with Crippen LogP contribution in [0.3, 0.4) is 0 Å². The maximum Gasteiger partial charge on any atom is 0.762 e. The van der Waals surface area contributed by atoms with Crippen molar-refractivity contribution in [1.29, 1.82) is 0 Å². The Hall–Kier alpha value is -2.92. The molecule has 0 saturated heterocycles. The van der Waals surface area contributed by atoms with E-state index in [1.54, 1.807) is 0 Å². The molecular formula is C33H48B2F8FeN2O2. The van der Waals surface area contributed by atoms with Crippen molar-refractivity contribution in [3.05, 3.63) is 79.4 Å². The van der Waals surface area contributed by atoms with Gasteiger partial charge in [-0.15, -0.1) is 0 Å². The fourth-order valence-corrected chi connectivity index (χ4v) is 4.85. The molecule has 0 N–H and O–H groups in total. The Bertz CT molecular complexity index is 1110. The van der Waals surface area contributed by atoms with Gasteiger partial charge in [-0.05, 0) is 29.9 Å². The molecule has 272 valence electrons. The minimum Gasteiger partial charge on any atom is -1.00 e. The molecule has 2 heterocycles. The molecule has 2 saturated carbocycles. The summed E-state index contributed by atoms with van der Waals surface area (Å²) in [6.45, 7) is 5.11. The predicted molar refractivity (Wildman–Crippen MR) is 170 cm³/mol. The Balaban J connectivity index is -0.000000431. The van der Waals surface area contributed by atoms with Crippen LogP contribution >= 0.6 is 0 Å². The summed E-state index contributed by atoms with van der Waals surface area (Å²) >= 11 is 0. The summed E-state index contributed by atoms with van der Waals surface area (Å²) in [6, 6.07) is 18.7. The molecule has 5 rings (SSSR count). The molecule has 0 bridgehead atoms. The van der Waals surface area contributed by atoms with Gasteiger partial charge in [-0.1, -0.05) is 84.4 Å². The Kier molecular flexibility index (Phi) is 35.3. The van der Waals surface area contributed by atoms with Gasteiger partial charge < -0.3 is 14.1 Å². The van der Waals surface area contributed by atoms with Crippen LogP contribution in [-0.4, -0.2) is 27.7 Å². The number of hydrogen-bond donors (Lipinski definition) is 0. The molecule has 15 heteroatoms. The second kappa shape index (κ2) is 32.6. The Morgan fingerprint density at radius 3 is 1.52 bits per heavy atom. The summed E-state index contributed by atoms with van der Waals surface area (Å²) in [6.07, 6.45) is 21.2. The summed E-state index contributed by atoms with van der Waals surface area (Å²) in [5, 5.41) is 0. The second-order valence-corrected chi connectivity index (χ2v) is 9.99. The van der Waals surface area contributed by atoms with E-state index in [0.29, 0.717) is 25.5 Å². The normalized spacial score (nSPS) is 12.2. The van der Waals surface area contributed by atoms with Crippen LogP contribution in [0, 0.1) is 5.92 Å². The molecule has 0 unspecified atom stereocenters. The first kappa shape index (κ1) is 51.9. The van der Waals surface area contributed by atoms with Gasteiger partial charge >= 0.3 is 21.1 Å². The molecule has 0 atom stereocenters. The minimum absolute atomic E-state index is 0. The molecule has 2 fully saturated rings. The number of nitrogens with zero attached hydrogens (tertiary/aromatic N) is 2. The number of carbonyl (C=O) groups is 1. The molecule has 0 radical (unpaired) electrons. The fraction of sp³-hybridized carbons (Fsp3) is 0.485. The van der Waals surface area contributed by atoms with Crippen LogP contribution in [0.25, 0.3) is 16.8 Å². The zero-order valence-corrected chi connectivity index (χ0v) is 27.9. The molecule has 2 aliphatic rings. The van der Waals surface area contributed by atoms with Gasteiger partial charge in [0.1, 0.15) is 0 Å². The first-order valence-electron chi connectivity index (χ1n) is 15.3. The van der Waals surface area contributed by atoms with E-state index in [1.165, 1.54) is 68.9 Å². The maximum atomic E-state index is 11.9. The number of para-hydroxylation sites is 1. The number of aromatic nitrogens is 2. The zero-order valence-electron chi connectivity index (χ0n) is 26.8. The monoisotopic (exact) mass is 734 g/mol. The van der Waals surface area contributed by atoms with E-state index in [0.717, 1.165) is 5.69 Å². The van der Waals surface area contributed by atoms with Gasteiger partial charge in [0.05, 0.1) is 0 Å². The summed E-state index contributed by atoms with van der Waals surface area (Å²) in [5.41, 5.74) is 3.49. The van der Waals surface area contributed by atoms with E-state index in [1.807, 2.05) is 44.4 Å². The number of ether oxygens (including phenoxy) is 1. The fourth-order valence-electron chi connectivity index (χ4n) is 4.85. The van der Waals surface area contributed by atoms with Crippen LogP contribution in [0.5, 0.6) is 0 Å². The predicted octanol–water partition coefficient (Wildman–Crippen LogP) is 3.42. The van der Waals surface area contributed by atoms with Crippen LogP contribution in [0.1, 0.15) is 85.5 Å². The van der Waals surface area contributed by atoms with Crippen LogP contribution in [0.4, 0.5) is 25.9 Å². The van der Waals surface area contributed by atoms with Crippen molar-refractivity contribution >= 4 is 21.1 Å². The van der Waals surface area contributed by atoms with Crippen molar-refractivity contribution in [1.82, 2.24) is 0 Å². The molecular weight excluding hydrogens is 686 g/mol. The van der Waals surface area contributed by atoms with E-state index < -0.39 is 15.1 Å². The zero-order chi connectivity index (χ0) is 32.6. The van der Waals surface area contributed by atoms with Gasteiger partial charge in [-0.3, -0.25) is 30.7 Å². The third kappa shape index (κ3) is 25.1. The van der Waals surface area contributed by atoms with Crippen LogP contribution < -0.4 is 18.5 Å². The number of esters is 1. The number of pyridine rings is 2. The summed E-state index contributed by atoms with van der Waals surface area (Å²) in [7, 11) is -7.33. The summed E-state index contributed by atoms with van der Waals surface area (Å²) in [5.74, 6) is 0.492. The molecule has 4 nitrogen and oxygen atoms in total. The van der Waals surface area contributed by atoms with Crippen LogP contribution in [0.15, 0.2) is 79.4 Å². The first-order valence-corrected chi connectivity index (χ1v) is 15.3. The molecule has 3 aromatic rings. The number of halogens is 8. The standard InChI is InChI=1S/C25H28N2O2.C5H10.C2H6.CH4.2BF3.2FH.Fe/c28-25(20-21-6-4-5-7-21)29-19-18-26-14-10-22(11-15-26)23-12-16-27(17-13-23)24-8-2-1-3-9-24;1-2-4-5-3-1;1-2;;2*2-1(3)4;;;/h1-3,8-17,21H,4-7,18-20H2;1-5H2;1-2H3;1H4;;;2*1H;/q+2;;;;;;;;/p-2. The van der Waals surface area contributed by atoms with Gasteiger partial charge in [0.15, 0.2) is 37.9 Å². The van der Waals surface area contributed by atoms with Gasteiger partial charge in [-0.2, -0.15) is 4.57 Å². The van der Waals surface area contributed by atoms with Crippen LogP contribution in [-0.2, 0) is 33.1 Å². The Morgan fingerprint density at radius 2 is 1.10 bits per heavy atom. The molecule has 0 aliphatic heterocycles. The Labute approximate surface area is 292 Å². The molecule has 0 spiro atoms. The first-order chi connectivity index (χ1) is 21.2. The van der Waals surface area contributed by atoms with E-state index in [2.05, 4.69) is 57.9 Å². The molecule has 2 aliphatic carbocycles. The van der Waals surface area contributed by atoms with Crippen molar-refractivity contribution < 1.29 is 71.0 Å². The molecule has 0 amide bonds. The third-order valence-electron chi connectivity index (χ3n) is 6.90. The molecule has 48 heavy (non-hydrogen) atoms. The third-order valence-corrected chi connectivity index (χ3v) is 6.90. The van der Waals surface area contributed by atoms with E-state index in [4.69, 9.17) is 4.74 Å². The van der Waals surface area contributed by atoms with Crippen molar-refractivity contribution in [3.8, 4) is 16.8 Å². The van der Waals surface area contributed by atoms with E-state index in [9.17, 15) is 30.7 Å². The number of benzene rings is 1. The number of carbonyl (C=O) groups excluding carboxylic acids is 1. The minimum atomic E-state index is -3.67. The second-order valence-electron chi connectivity index (χ2n) is 9.99. The topological polar surface area (TPSA) is 34.1 Å². The molecule has 1 aromatic carbocycles. The summed E-state index contributed by atoms with van der Waals surface area (Å²) < 4.78 is 67.6. The SMILES string of the molecule is C.C1CCCC1.CC.FB(F)F.FB(F)F.O=C(CC1CCCC1)OCC[n+]1ccc(-c2cc[n+](-c3ccccc3)cc2)cc1.[F-].[F-].[Fe]. The average molecular weight is 734 g/mol. The van der Waals surface area contributed by atoms with Crippen molar-refractivity contribution in [2.45, 2.75) is 92.0 Å². The summed E-state index contributed by atoms with van der Waals surface area (Å²) in [4.78, 5) is 11.9. The van der Waals surface area contributed by atoms with Crippen molar-refractivity contribution in [2.75, 3.05) is 6.61 Å². The maximum absolute atomic E-state index is 11.9. The van der Waals surface area contributed by atoms with Crippen molar-refractivity contribution in [2.24, 2.45) is 5.92 Å². The van der Waals surface area contributed by atoms with Gasteiger partial charge in [0.25, 0.3) is 0 Å². The smallest absolute Gasteiger partial charge is 0.762 e. The van der Waals surface area contributed by atoms with E-state index in [-0.39, 0.29) is 39.9 Å². The van der Waals surface area contributed by atoms with Crippen molar-refractivity contribution in [3.63, 3.8) is 0 Å². The molecule has 2 aromatic heterocycles. The largest absolute Gasteiger partial charge is 1.00 e. The van der Waals surface area contributed by atoms with Gasteiger partial charge in [0, 0.05) is 59.9 Å². The van der Waals surface area contributed by atoms with Crippen LogP contribution in [0.2, 0.25) is 0 Å². The quantitative estimate of drug-likeness (QED) is 0.162. The number of rotatable bonds is 7. The number of hydrogen-bond acceptors (Lipinski definition) is 2. The van der Waals surface area contributed by atoms with E-state index >= 15 is 0 Å². The van der Waals surface area contributed by atoms with Gasteiger partial charge in [-0.25, -0.2) is 4.57 Å².